The molecular weight excluding hydrogens is 627 g/mol. The molecule has 1 N–H and O–H groups in total. The van der Waals surface area contributed by atoms with Crippen LogP contribution in [0.5, 0.6) is 11.5 Å². The Hall–Kier alpha value is -4.42. The van der Waals surface area contributed by atoms with Crippen molar-refractivity contribution in [2.45, 2.75) is 36.1 Å². The summed E-state index contributed by atoms with van der Waals surface area (Å²) in [5.41, 5.74) is 3.15. The van der Waals surface area contributed by atoms with E-state index in [0.29, 0.717) is 29.2 Å². The Morgan fingerprint density at radius 3 is 2.39 bits per heavy atom. The number of ether oxygens (including phenoxy) is 2. The van der Waals surface area contributed by atoms with Crippen molar-refractivity contribution in [1.29, 1.82) is 0 Å². The van der Waals surface area contributed by atoms with E-state index in [1.54, 1.807) is 55.3 Å². The fourth-order valence-electron chi connectivity index (χ4n) is 8.22. The van der Waals surface area contributed by atoms with Gasteiger partial charge in [0, 0.05) is 33.7 Å². The molecule has 3 aromatic carbocycles. The van der Waals surface area contributed by atoms with Crippen molar-refractivity contribution in [2.24, 2.45) is 29.6 Å². The van der Waals surface area contributed by atoms with Crippen LogP contribution in [-0.4, -0.2) is 34.1 Å². The van der Waals surface area contributed by atoms with Crippen molar-refractivity contribution >= 4 is 46.3 Å². The first-order valence-electron chi connectivity index (χ1n) is 15.1. The Morgan fingerprint density at radius 2 is 1.70 bits per heavy atom. The minimum atomic E-state index is -0.503. The van der Waals surface area contributed by atoms with E-state index in [4.69, 9.17) is 9.47 Å². The second-order valence-electron chi connectivity index (χ2n) is 12.4. The summed E-state index contributed by atoms with van der Waals surface area (Å²) in [4.78, 5) is 57.3. The van der Waals surface area contributed by atoms with Crippen molar-refractivity contribution in [3.05, 3.63) is 108 Å². The van der Waals surface area contributed by atoms with Gasteiger partial charge in [0.1, 0.15) is 18.1 Å². The minimum Gasteiger partial charge on any atom is -0.497 e. The molecule has 2 aliphatic heterocycles. The number of thiazole rings is 1. The number of nitrogens with one attached hydrogen (secondary N) is 1. The van der Waals surface area contributed by atoms with Gasteiger partial charge in [0.25, 0.3) is 5.69 Å². The molecule has 10 nitrogen and oxygen atoms in total. The van der Waals surface area contributed by atoms with Gasteiger partial charge >= 0.3 is 4.87 Å². The number of rotatable bonds is 7. The number of methoxy groups -OCH3 is 1. The number of carbonyl (C=O) groups excluding carboxylic acids is 2. The molecule has 0 radical (unpaired) electrons. The molecule has 2 amide bonds. The molecule has 2 aliphatic carbocycles. The molecule has 12 heteroatoms. The first-order valence-corrected chi connectivity index (χ1v) is 16.8. The van der Waals surface area contributed by atoms with Crippen LogP contribution < -0.4 is 19.2 Å². The molecular formula is C34H29N3O7S2. The van der Waals surface area contributed by atoms with Crippen LogP contribution in [0.15, 0.2) is 76.6 Å². The number of anilines is 1. The third-order valence-electron chi connectivity index (χ3n) is 10.1. The Balaban J connectivity index is 1.21. The molecule has 46 heavy (non-hydrogen) atoms. The van der Waals surface area contributed by atoms with Crippen LogP contribution >= 0.6 is 23.1 Å². The minimum absolute atomic E-state index is 0.0641. The Bertz CT molecular complexity index is 1950. The maximum absolute atomic E-state index is 14.1. The lowest BCUT2D eigenvalue weighted by molar-refractivity contribution is -0.385. The monoisotopic (exact) mass is 655 g/mol. The molecule has 7 atom stereocenters. The van der Waals surface area contributed by atoms with Crippen molar-refractivity contribution in [3.8, 4) is 11.5 Å². The van der Waals surface area contributed by atoms with Gasteiger partial charge in [0.05, 0.1) is 34.6 Å². The average molecular weight is 656 g/mol. The summed E-state index contributed by atoms with van der Waals surface area (Å²) >= 11 is 2.68. The number of fused-ring (bicyclic) bond motifs is 9. The number of nitro groups is 1. The summed E-state index contributed by atoms with van der Waals surface area (Å²) in [6.45, 7) is 2.27. The maximum atomic E-state index is 14.1. The van der Waals surface area contributed by atoms with Crippen LogP contribution in [0.2, 0.25) is 0 Å². The van der Waals surface area contributed by atoms with Gasteiger partial charge in [-0.15, -0.1) is 11.8 Å². The Kier molecular flexibility index (Phi) is 6.84. The predicted molar refractivity (Wildman–Crippen MR) is 173 cm³/mol. The van der Waals surface area contributed by atoms with Crippen LogP contribution in [-0.2, 0) is 16.2 Å². The van der Waals surface area contributed by atoms with Gasteiger partial charge in [-0.05, 0) is 67.0 Å². The summed E-state index contributed by atoms with van der Waals surface area (Å²) < 4.78 is 11.6. The quantitative estimate of drug-likeness (QED) is 0.148. The molecule has 0 spiro atoms. The topological polar surface area (TPSA) is 132 Å². The third kappa shape index (κ3) is 4.41. The largest absolute Gasteiger partial charge is 0.497 e. The van der Waals surface area contributed by atoms with Crippen molar-refractivity contribution in [1.82, 2.24) is 4.98 Å². The molecule has 234 valence electrons. The van der Waals surface area contributed by atoms with E-state index in [0.717, 1.165) is 32.4 Å². The van der Waals surface area contributed by atoms with Crippen LogP contribution in [0.3, 0.4) is 0 Å². The first kappa shape index (κ1) is 29.0. The number of hydrogen-bond acceptors (Lipinski definition) is 9. The molecule has 2 bridgehead atoms. The Morgan fingerprint density at radius 1 is 0.978 bits per heavy atom. The highest BCUT2D eigenvalue weighted by atomic mass is 32.2. The number of amides is 2. The highest BCUT2D eigenvalue weighted by Gasteiger charge is 2.70. The normalized spacial score (nSPS) is 27.3. The molecule has 2 saturated carbocycles. The lowest BCUT2D eigenvalue weighted by Gasteiger charge is -2.43. The van der Waals surface area contributed by atoms with E-state index in [2.05, 4.69) is 4.98 Å². The number of H-pyrrole nitrogens is 1. The summed E-state index contributed by atoms with van der Waals surface area (Å²) in [6, 6.07) is 19.5. The van der Waals surface area contributed by atoms with E-state index in [-0.39, 0.29) is 52.0 Å². The number of aromatic amines is 1. The maximum Gasteiger partial charge on any atom is 0.305 e. The molecule has 1 saturated heterocycles. The lowest BCUT2D eigenvalue weighted by Crippen LogP contribution is -2.42. The average Bonchev–Trinajstić information content (AvgIpc) is 3.79. The number of benzene rings is 3. The predicted octanol–water partition coefficient (Wildman–Crippen LogP) is 5.92. The van der Waals surface area contributed by atoms with Gasteiger partial charge < -0.3 is 14.5 Å². The number of carbonyl (C=O) groups is 2. The third-order valence-corrected chi connectivity index (χ3v) is 12.7. The van der Waals surface area contributed by atoms with E-state index in [1.165, 1.54) is 11.0 Å². The van der Waals surface area contributed by atoms with E-state index >= 15 is 0 Å². The van der Waals surface area contributed by atoms with Crippen LogP contribution in [0.4, 0.5) is 11.4 Å². The number of thioether (sulfide) groups is 1. The fraction of sp³-hybridized carbons (Fsp3) is 0.324. The number of imide groups is 1. The molecule has 4 aliphatic rings. The number of nitrogens with zero attached hydrogens (tertiary/aromatic N) is 2. The van der Waals surface area contributed by atoms with E-state index in [1.807, 2.05) is 31.2 Å². The SMILES string of the molecule is COc1ccc(N2C(=O)C3C(C2=O)[C@@H]2C[C@H]3C3Sc4[nH]c(=O)sc4C(c4cc([N+](=O)[O-])ccc4OCc4ccc(C)cc4)C32)cc1. The number of nitro benzene ring substituents is 1. The van der Waals surface area contributed by atoms with Gasteiger partial charge in [0.15, 0.2) is 0 Å². The molecule has 4 aromatic rings. The second-order valence-corrected chi connectivity index (χ2v) is 14.6. The summed E-state index contributed by atoms with van der Waals surface area (Å²) in [7, 11) is 1.56. The molecule has 8 rings (SSSR count). The zero-order valence-electron chi connectivity index (χ0n) is 24.9. The Labute approximate surface area is 271 Å². The summed E-state index contributed by atoms with van der Waals surface area (Å²) in [6.07, 6.45) is 0.704. The summed E-state index contributed by atoms with van der Waals surface area (Å²) in [5, 5.41) is 12.7. The number of non-ortho nitro benzene ring substituents is 1. The van der Waals surface area contributed by atoms with Crippen LogP contribution in [0.25, 0.3) is 0 Å². The highest BCUT2D eigenvalue weighted by Crippen LogP contribution is 2.69. The molecule has 3 heterocycles. The van der Waals surface area contributed by atoms with E-state index < -0.39 is 22.7 Å². The number of aryl methyl sites for hydroxylation is 1. The van der Waals surface area contributed by atoms with Crippen LogP contribution in [0, 0.1) is 46.6 Å². The fourth-order valence-corrected chi connectivity index (χ4v) is 11.1. The number of aromatic nitrogens is 1. The highest BCUT2D eigenvalue weighted by molar-refractivity contribution is 8.00. The lowest BCUT2D eigenvalue weighted by atomic mass is 9.68. The van der Waals surface area contributed by atoms with Gasteiger partial charge in [0.2, 0.25) is 11.8 Å². The second kappa shape index (κ2) is 10.8. The number of hydrogen-bond donors (Lipinski definition) is 1. The first-order chi connectivity index (χ1) is 22.2. The molecule has 5 unspecified atom stereocenters. The van der Waals surface area contributed by atoms with Crippen molar-refractivity contribution < 1.29 is 24.0 Å². The standard InChI is InChI=1S/C34H29N3O7S2/c1-16-3-5-17(6-4-16)15-44-24-12-9-19(37(41)42)13-21(24)25-26-22-14-23(29(26)45-31-30(25)46-34(40)35-31)28-27(22)32(38)36(33(28)39)18-7-10-20(43-2)11-8-18/h3-13,22-23,25-29H,14-15H2,1-2H3,(H,35,40)/t22-,23-,25?,26?,27?,28?,29?/m1/s1. The van der Waals surface area contributed by atoms with Crippen molar-refractivity contribution in [2.75, 3.05) is 12.0 Å². The van der Waals surface area contributed by atoms with Gasteiger partial charge in [-0.3, -0.25) is 29.4 Å². The summed E-state index contributed by atoms with van der Waals surface area (Å²) in [5.74, 6) is -1.01. The van der Waals surface area contributed by atoms with Crippen molar-refractivity contribution in [3.63, 3.8) is 0 Å². The molecule has 1 aromatic heterocycles. The smallest absolute Gasteiger partial charge is 0.305 e. The van der Waals surface area contributed by atoms with Crippen LogP contribution in [0.1, 0.15) is 33.9 Å². The van der Waals surface area contributed by atoms with Gasteiger partial charge in [-0.25, -0.2) is 0 Å². The van der Waals surface area contributed by atoms with Gasteiger partial charge in [-0.2, -0.15) is 0 Å². The molecule has 3 fully saturated rings. The van der Waals surface area contributed by atoms with Gasteiger partial charge in [-0.1, -0.05) is 41.2 Å². The van der Waals surface area contributed by atoms with E-state index in [9.17, 15) is 24.5 Å². The zero-order valence-corrected chi connectivity index (χ0v) is 26.5. The zero-order chi connectivity index (χ0) is 31.9.